The molecular formula is C14H20MgN2O6. The average Bonchev–Trinajstić information content (AvgIpc) is 2.38. The fourth-order valence-electron chi connectivity index (χ4n) is 0.758. The zero-order valence-corrected chi connectivity index (χ0v) is 15.1. The van der Waals surface area contributed by atoms with Gasteiger partial charge in [-0.05, 0) is 27.7 Å². The van der Waals surface area contributed by atoms with Gasteiger partial charge in [-0.2, -0.15) is 0 Å². The van der Waals surface area contributed by atoms with Gasteiger partial charge in [0, 0.05) is 11.1 Å². The minimum Gasteiger partial charge on any atom is -0.548 e. The van der Waals surface area contributed by atoms with Crippen LogP contribution in [-0.2, 0) is 19.2 Å². The Bertz CT molecular complexity index is 446. The number of carbonyl (C=O) groups is 4. The molecule has 0 bridgehead atoms. The van der Waals surface area contributed by atoms with E-state index in [1.807, 2.05) is 0 Å². The summed E-state index contributed by atoms with van der Waals surface area (Å²) in [5.41, 5.74) is 0.552. The Morgan fingerprint density at radius 3 is 1.13 bits per heavy atom. The number of aliphatic carboxylic acids is 2. The summed E-state index contributed by atoms with van der Waals surface area (Å²) in [4.78, 5) is 41.7. The van der Waals surface area contributed by atoms with Gasteiger partial charge in [0.25, 0.3) is 0 Å². The molecule has 0 aliphatic rings. The third kappa shape index (κ3) is 13.5. The molecule has 2 N–H and O–H groups in total. The number of hydrogen-bond donors (Lipinski definition) is 2. The van der Waals surface area contributed by atoms with Gasteiger partial charge in [0.1, 0.15) is 0 Å². The number of amides is 2. The zero-order valence-electron chi connectivity index (χ0n) is 13.7. The molecule has 0 saturated heterocycles. The van der Waals surface area contributed by atoms with E-state index in [1.54, 1.807) is 0 Å². The van der Waals surface area contributed by atoms with Crippen LogP contribution in [0.4, 0.5) is 0 Å². The van der Waals surface area contributed by atoms with Gasteiger partial charge in [-0.1, -0.05) is 13.2 Å². The van der Waals surface area contributed by atoms with E-state index in [1.165, 1.54) is 27.7 Å². The molecule has 23 heavy (non-hydrogen) atoms. The van der Waals surface area contributed by atoms with E-state index in [0.717, 1.165) is 0 Å². The van der Waals surface area contributed by atoms with E-state index in [9.17, 15) is 29.4 Å². The number of carboxylic acids is 2. The molecule has 9 heteroatoms. The summed E-state index contributed by atoms with van der Waals surface area (Å²) in [6.07, 6.45) is 0. The normalized spacial score (nSPS) is 11.3. The maximum atomic E-state index is 10.8. The topological polar surface area (TPSA) is 138 Å². The first kappa shape index (κ1) is 26.0. The predicted molar refractivity (Wildman–Crippen MR) is 80.6 cm³/mol. The molecule has 0 rings (SSSR count). The minimum absolute atomic E-state index is 0. The predicted octanol–water partition coefficient (Wildman–Crippen LogP) is -2.75. The van der Waals surface area contributed by atoms with Crippen molar-refractivity contribution in [3.63, 3.8) is 0 Å². The number of carboxylic acid groups (broad SMARTS) is 2. The minimum atomic E-state index is -1.31. The Labute approximate surface area is 151 Å². The van der Waals surface area contributed by atoms with Gasteiger partial charge < -0.3 is 30.4 Å². The van der Waals surface area contributed by atoms with E-state index in [0.29, 0.717) is 0 Å². The van der Waals surface area contributed by atoms with Gasteiger partial charge in [-0.25, -0.2) is 0 Å². The zero-order chi connectivity index (χ0) is 18.0. The molecule has 0 fully saturated rings. The van der Waals surface area contributed by atoms with Crippen LogP contribution in [0.2, 0.25) is 0 Å². The van der Waals surface area contributed by atoms with E-state index >= 15 is 0 Å². The first-order valence-corrected chi connectivity index (χ1v) is 6.24. The second kappa shape index (κ2) is 12.6. The second-order valence-electron chi connectivity index (χ2n) is 4.59. The number of carbonyl (C=O) groups excluding carboxylic acids is 4. The molecular weight excluding hydrogens is 316 g/mol. The summed E-state index contributed by atoms with van der Waals surface area (Å²) in [5.74, 6) is -3.55. The van der Waals surface area contributed by atoms with E-state index in [4.69, 9.17) is 0 Å². The molecule has 0 radical (unpaired) electrons. The van der Waals surface area contributed by atoms with Crippen LogP contribution in [0, 0.1) is 0 Å². The van der Waals surface area contributed by atoms with Crippen molar-refractivity contribution in [2.75, 3.05) is 0 Å². The quantitative estimate of drug-likeness (QED) is 0.398. The van der Waals surface area contributed by atoms with Crippen LogP contribution < -0.4 is 20.8 Å². The van der Waals surface area contributed by atoms with E-state index < -0.39 is 35.8 Å². The molecule has 0 aromatic heterocycles. The van der Waals surface area contributed by atoms with Gasteiger partial charge in [0.05, 0.1) is 24.0 Å². The standard InChI is InChI=1S/2C7H11NO3.Mg/c2*1-4(2)6(9)8-5(3)7(10)11;/h2*5H,1H2,2-3H3,(H,8,9)(H,10,11);/q;;+2/p-2/t2*5-;/m00./s1. The van der Waals surface area contributed by atoms with Crippen molar-refractivity contribution in [2.24, 2.45) is 0 Å². The average molecular weight is 337 g/mol. The van der Waals surface area contributed by atoms with Crippen molar-refractivity contribution in [3.8, 4) is 0 Å². The molecule has 2 amide bonds. The van der Waals surface area contributed by atoms with Crippen LogP contribution in [0.25, 0.3) is 0 Å². The Morgan fingerprint density at radius 2 is 1.00 bits per heavy atom. The second-order valence-corrected chi connectivity index (χ2v) is 4.59. The molecule has 0 spiro atoms. The van der Waals surface area contributed by atoms with Gasteiger partial charge >= 0.3 is 23.1 Å². The summed E-state index contributed by atoms with van der Waals surface area (Å²) < 4.78 is 0. The van der Waals surface area contributed by atoms with Gasteiger partial charge in [0.15, 0.2) is 0 Å². The molecule has 0 heterocycles. The van der Waals surface area contributed by atoms with Crippen molar-refractivity contribution in [2.45, 2.75) is 39.8 Å². The van der Waals surface area contributed by atoms with E-state index in [-0.39, 0.29) is 34.2 Å². The Morgan fingerprint density at radius 1 is 0.783 bits per heavy atom. The Hall–Kier alpha value is -1.87. The van der Waals surface area contributed by atoms with Crippen LogP contribution in [0.5, 0.6) is 0 Å². The van der Waals surface area contributed by atoms with Crippen molar-refractivity contribution in [3.05, 3.63) is 24.3 Å². The number of nitrogens with one attached hydrogen (secondary N) is 2. The SMILES string of the molecule is C=C(C)C(=O)N[C@@H](C)C(=O)[O-].C=C(C)C(=O)N[C@@H](C)C(=O)[O-].[Mg+2]. The smallest absolute Gasteiger partial charge is 0.548 e. The van der Waals surface area contributed by atoms with Gasteiger partial charge in [0.2, 0.25) is 11.8 Å². The van der Waals surface area contributed by atoms with Crippen LogP contribution >= 0.6 is 0 Å². The fraction of sp³-hybridized carbons (Fsp3) is 0.429. The first-order chi connectivity index (χ1) is 9.89. The molecule has 0 saturated carbocycles. The van der Waals surface area contributed by atoms with Crippen LogP contribution in [-0.4, -0.2) is 58.9 Å². The van der Waals surface area contributed by atoms with Crippen LogP contribution in [0.15, 0.2) is 24.3 Å². The molecule has 0 aromatic rings. The summed E-state index contributed by atoms with van der Waals surface area (Å²) in [7, 11) is 0. The maximum Gasteiger partial charge on any atom is 2.00 e. The largest absolute Gasteiger partial charge is 2.00 e. The third-order valence-corrected chi connectivity index (χ3v) is 2.18. The summed E-state index contributed by atoms with van der Waals surface area (Å²) in [6.45, 7) is 12.3. The van der Waals surface area contributed by atoms with Crippen molar-refractivity contribution >= 4 is 46.8 Å². The summed E-state index contributed by atoms with van der Waals surface area (Å²) in [5, 5.41) is 24.6. The van der Waals surface area contributed by atoms with Crippen LogP contribution in [0.3, 0.4) is 0 Å². The molecule has 0 unspecified atom stereocenters. The molecule has 0 aliphatic carbocycles. The number of rotatable bonds is 6. The molecule has 8 nitrogen and oxygen atoms in total. The molecule has 2 atom stereocenters. The summed E-state index contributed by atoms with van der Waals surface area (Å²) >= 11 is 0. The number of hydrogen-bond acceptors (Lipinski definition) is 6. The van der Waals surface area contributed by atoms with Crippen molar-refractivity contribution in [1.82, 2.24) is 10.6 Å². The summed E-state index contributed by atoms with van der Waals surface area (Å²) in [6, 6.07) is -1.95. The molecule has 124 valence electrons. The maximum absolute atomic E-state index is 10.8. The first-order valence-electron chi connectivity index (χ1n) is 6.24. The fourth-order valence-corrected chi connectivity index (χ4v) is 0.758. The monoisotopic (exact) mass is 336 g/mol. The molecule has 0 aliphatic heterocycles. The van der Waals surface area contributed by atoms with Crippen LogP contribution in [0.1, 0.15) is 27.7 Å². The Kier molecular flexibility index (Phi) is 14.3. The van der Waals surface area contributed by atoms with Crippen molar-refractivity contribution < 1.29 is 29.4 Å². The third-order valence-electron chi connectivity index (χ3n) is 2.18. The molecule has 0 aromatic carbocycles. The Balaban J connectivity index is -0.000000333. The van der Waals surface area contributed by atoms with Gasteiger partial charge in [-0.15, -0.1) is 0 Å². The van der Waals surface area contributed by atoms with Crippen molar-refractivity contribution in [1.29, 1.82) is 0 Å². The van der Waals surface area contributed by atoms with Gasteiger partial charge in [-0.3, -0.25) is 9.59 Å². The van der Waals surface area contributed by atoms with E-state index in [2.05, 4.69) is 23.8 Å².